The lowest BCUT2D eigenvalue weighted by molar-refractivity contribution is -0.384. The summed E-state index contributed by atoms with van der Waals surface area (Å²) in [5.74, 6) is -0.464. The molecule has 1 aliphatic rings. The molecule has 0 saturated carbocycles. The number of fused-ring (bicyclic) bond motifs is 1. The number of nitro benzene ring substituents is 1. The molecule has 9 nitrogen and oxygen atoms in total. The van der Waals surface area contributed by atoms with E-state index in [1.807, 2.05) is 0 Å². The highest BCUT2D eigenvalue weighted by molar-refractivity contribution is 7.71. The van der Waals surface area contributed by atoms with Crippen LogP contribution in [-0.4, -0.2) is 28.0 Å². The van der Waals surface area contributed by atoms with Crippen LogP contribution in [0.4, 0.5) is 17.3 Å². The van der Waals surface area contributed by atoms with Crippen LogP contribution in [0, 0.1) is 14.9 Å². The van der Waals surface area contributed by atoms with E-state index in [0.717, 1.165) is 0 Å². The fourth-order valence-corrected chi connectivity index (χ4v) is 3.20. The Bertz CT molecular complexity index is 997. The number of hydrogen-bond donors (Lipinski definition) is 3. The van der Waals surface area contributed by atoms with Crippen LogP contribution in [0.1, 0.15) is 24.0 Å². The predicted octanol–water partition coefficient (Wildman–Crippen LogP) is 2.63. The number of aromatic nitrogens is 2. The molecule has 0 saturated heterocycles. The van der Waals surface area contributed by atoms with Crippen LogP contribution in [0.2, 0.25) is 0 Å². The maximum atomic E-state index is 12.4. The minimum absolute atomic E-state index is 0.0539. The molecule has 10 heteroatoms. The maximum Gasteiger partial charge on any atom is 0.336 e. The summed E-state index contributed by atoms with van der Waals surface area (Å²) in [7, 11) is 1.28. The lowest BCUT2D eigenvalue weighted by Crippen LogP contribution is -2.26. The molecule has 2 aromatic rings. The van der Waals surface area contributed by atoms with Crippen molar-refractivity contribution < 1.29 is 14.5 Å². The molecule has 1 aromatic heterocycles. The number of hydrogen-bond acceptors (Lipinski definition) is 8. The average Bonchev–Trinajstić information content (AvgIpc) is 2.59. The third kappa shape index (κ3) is 2.90. The SMILES string of the molecule is COC(=O)C1=C(C)Nc2nc(=S)[nH]c(N)c2C1c1ccc([N+](=O)[O-])cc1. The number of nitrogens with two attached hydrogens (primary N) is 1. The number of methoxy groups -OCH3 is 1. The van der Waals surface area contributed by atoms with Crippen molar-refractivity contribution in [3.05, 3.63) is 61.5 Å². The molecule has 0 aliphatic carbocycles. The highest BCUT2D eigenvalue weighted by Gasteiger charge is 2.35. The first-order valence-corrected chi connectivity index (χ1v) is 7.94. The lowest BCUT2D eigenvalue weighted by Gasteiger charge is -2.29. The standard InChI is InChI=1S/C16H15N5O4S/c1-7-10(15(22)25-2)11(8-3-5-9(6-4-8)21(23)24)12-13(17)19-16(26)20-14(12)18-7/h3-6,11H,1-2H3,(H4,17,18,19,20,26). The summed E-state index contributed by atoms with van der Waals surface area (Å²) < 4.78 is 5.11. The smallest absolute Gasteiger partial charge is 0.336 e. The second kappa shape index (κ2) is 6.56. The molecule has 0 fully saturated rings. The number of nitrogens with one attached hydrogen (secondary N) is 2. The molecule has 134 valence electrons. The van der Waals surface area contributed by atoms with Crippen LogP contribution in [0.25, 0.3) is 0 Å². The summed E-state index contributed by atoms with van der Waals surface area (Å²) >= 11 is 5.06. The van der Waals surface area contributed by atoms with Crippen LogP contribution < -0.4 is 11.1 Å². The van der Waals surface area contributed by atoms with Gasteiger partial charge in [-0.3, -0.25) is 10.1 Å². The molecule has 0 radical (unpaired) electrons. The highest BCUT2D eigenvalue weighted by Crippen LogP contribution is 2.43. The van der Waals surface area contributed by atoms with Crippen molar-refractivity contribution in [1.82, 2.24) is 9.97 Å². The Hall–Kier alpha value is -3.27. The van der Waals surface area contributed by atoms with Crippen molar-refractivity contribution in [3.63, 3.8) is 0 Å². The molecule has 2 heterocycles. The van der Waals surface area contributed by atoms with Crippen molar-refractivity contribution in [2.75, 3.05) is 18.2 Å². The Balaban J connectivity index is 2.25. The molecule has 1 atom stereocenters. The Morgan fingerprint density at radius 3 is 2.62 bits per heavy atom. The topological polar surface area (TPSA) is 136 Å². The quantitative estimate of drug-likeness (QED) is 0.323. The van der Waals surface area contributed by atoms with Crippen molar-refractivity contribution in [2.45, 2.75) is 12.8 Å². The van der Waals surface area contributed by atoms with E-state index in [1.165, 1.54) is 19.2 Å². The van der Waals surface area contributed by atoms with E-state index in [0.29, 0.717) is 28.2 Å². The number of nitrogens with zero attached hydrogens (tertiary/aromatic N) is 2. The zero-order valence-electron chi connectivity index (χ0n) is 13.9. The molecule has 26 heavy (non-hydrogen) atoms. The number of esters is 1. The van der Waals surface area contributed by atoms with E-state index < -0.39 is 16.8 Å². The van der Waals surface area contributed by atoms with Crippen LogP contribution in [0.3, 0.4) is 0 Å². The highest BCUT2D eigenvalue weighted by atomic mass is 32.1. The second-order valence-corrected chi connectivity index (χ2v) is 6.04. The number of rotatable bonds is 3. The zero-order chi connectivity index (χ0) is 19.0. The average molecular weight is 373 g/mol. The number of H-pyrrole nitrogens is 1. The molecule has 0 amide bonds. The normalized spacial score (nSPS) is 15.8. The van der Waals surface area contributed by atoms with Crippen LogP contribution in [0.5, 0.6) is 0 Å². The molecule has 1 unspecified atom stereocenters. The summed E-state index contributed by atoms with van der Waals surface area (Å²) in [4.78, 5) is 29.8. The van der Waals surface area contributed by atoms with Crippen molar-refractivity contribution in [1.29, 1.82) is 0 Å². The fraction of sp³-hybridized carbons (Fsp3) is 0.188. The number of carbonyl (C=O) groups is 1. The minimum Gasteiger partial charge on any atom is -0.466 e. The van der Waals surface area contributed by atoms with Gasteiger partial charge in [0.05, 0.1) is 23.5 Å². The molecular formula is C16H15N5O4S. The predicted molar refractivity (Wildman–Crippen MR) is 97.1 cm³/mol. The third-order valence-corrected chi connectivity index (χ3v) is 4.32. The first-order valence-electron chi connectivity index (χ1n) is 7.53. The molecule has 1 aromatic carbocycles. The number of ether oxygens (including phenoxy) is 1. The van der Waals surface area contributed by atoms with Crippen LogP contribution in [0.15, 0.2) is 35.5 Å². The summed E-state index contributed by atoms with van der Waals surface area (Å²) in [5, 5.41) is 13.9. The van der Waals surface area contributed by atoms with Gasteiger partial charge in [0.1, 0.15) is 11.6 Å². The fourth-order valence-electron chi connectivity index (χ4n) is 3.00. The zero-order valence-corrected chi connectivity index (χ0v) is 14.7. The Morgan fingerprint density at radius 1 is 1.38 bits per heavy atom. The molecule has 1 aliphatic heterocycles. The van der Waals surface area contributed by atoms with Gasteiger partial charge in [0.2, 0.25) is 0 Å². The summed E-state index contributed by atoms with van der Waals surface area (Å²) in [6.07, 6.45) is 0. The molecule has 0 spiro atoms. The third-order valence-electron chi connectivity index (χ3n) is 4.13. The van der Waals surface area contributed by atoms with Gasteiger partial charge in [0.25, 0.3) is 5.69 Å². The van der Waals surface area contributed by atoms with E-state index >= 15 is 0 Å². The van der Waals surface area contributed by atoms with Gasteiger partial charge in [0.15, 0.2) is 4.77 Å². The molecule has 4 N–H and O–H groups in total. The van der Waals surface area contributed by atoms with Gasteiger partial charge in [-0.2, -0.15) is 0 Å². The number of nitrogen functional groups attached to an aromatic ring is 1. The van der Waals surface area contributed by atoms with Gasteiger partial charge in [-0.05, 0) is 24.7 Å². The van der Waals surface area contributed by atoms with E-state index in [4.69, 9.17) is 22.7 Å². The molecular weight excluding hydrogens is 358 g/mol. The number of anilines is 2. The lowest BCUT2D eigenvalue weighted by atomic mass is 9.82. The van der Waals surface area contributed by atoms with Gasteiger partial charge < -0.3 is 20.8 Å². The number of benzene rings is 1. The van der Waals surface area contributed by atoms with Crippen molar-refractivity contribution >= 4 is 35.5 Å². The number of aromatic amines is 1. The number of non-ortho nitro benzene ring substituents is 1. The summed E-state index contributed by atoms with van der Waals surface area (Å²) in [6.45, 7) is 1.71. The summed E-state index contributed by atoms with van der Waals surface area (Å²) in [6, 6.07) is 5.90. The molecule has 0 bridgehead atoms. The Kier molecular flexibility index (Phi) is 4.43. The number of nitro groups is 1. The molecule has 3 rings (SSSR count). The minimum atomic E-state index is -0.612. The van der Waals surface area contributed by atoms with E-state index in [2.05, 4.69) is 15.3 Å². The Morgan fingerprint density at radius 2 is 2.04 bits per heavy atom. The van der Waals surface area contributed by atoms with Crippen molar-refractivity contribution in [3.8, 4) is 0 Å². The second-order valence-electron chi connectivity index (χ2n) is 5.65. The largest absolute Gasteiger partial charge is 0.466 e. The van der Waals surface area contributed by atoms with Crippen molar-refractivity contribution in [2.24, 2.45) is 0 Å². The van der Waals surface area contributed by atoms with Gasteiger partial charge >= 0.3 is 5.97 Å². The first kappa shape index (κ1) is 17.5. The van der Waals surface area contributed by atoms with Crippen LogP contribution in [-0.2, 0) is 9.53 Å². The summed E-state index contributed by atoms with van der Waals surface area (Å²) in [5.41, 5.74) is 8.10. The van der Waals surface area contributed by atoms with E-state index in [-0.39, 0.29) is 16.3 Å². The monoisotopic (exact) mass is 373 g/mol. The van der Waals surface area contributed by atoms with Crippen LogP contribution >= 0.6 is 12.2 Å². The van der Waals surface area contributed by atoms with Gasteiger partial charge in [-0.15, -0.1) is 0 Å². The maximum absolute atomic E-state index is 12.4. The van der Waals surface area contributed by atoms with E-state index in [1.54, 1.807) is 19.1 Å². The van der Waals surface area contributed by atoms with E-state index in [9.17, 15) is 14.9 Å². The number of allylic oxidation sites excluding steroid dienone is 1. The Labute approximate surface area is 153 Å². The van der Waals surface area contributed by atoms with Gasteiger partial charge in [0, 0.05) is 23.4 Å². The van der Waals surface area contributed by atoms with Gasteiger partial charge in [-0.1, -0.05) is 12.1 Å². The van der Waals surface area contributed by atoms with Gasteiger partial charge in [-0.25, -0.2) is 9.78 Å². The number of carbonyl (C=O) groups excluding carboxylic acids is 1. The first-order chi connectivity index (χ1) is 12.3.